The maximum absolute atomic E-state index is 12.2. The minimum atomic E-state index is 0. The molecule has 1 amide bonds. The van der Waals surface area contributed by atoms with Crippen LogP contribution in [0.1, 0.15) is 25.1 Å². The molecule has 2 aromatic rings. The number of carbonyl (C=O) groups is 1. The zero-order valence-corrected chi connectivity index (χ0v) is 13.8. The van der Waals surface area contributed by atoms with Gasteiger partial charge in [-0.1, -0.05) is 12.5 Å². The Hall–Kier alpha value is -1.37. The highest BCUT2D eigenvalue weighted by atomic mass is 35.5. The van der Waals surface area contributed by atoms with Crippen LogP contribution in [0.2, 0.25) is 0 Å². The van der Waals surface area contributed by atoms with Crippen molar-refractivity contribution in [2.24, 2.45) is 17.6 Å². The fourth-order valence-corrected chi connectivity index (χ4v) is 2.97. The molecule has 0 spiro atoms. The van der Waals surface area contributed by atoms with Crippen LogP contribution in [0, 0.1) is 11.8 Å². The quantitative estimate of drug-likeness (QED) is 0.880. The molecule has 1 aliphatic rings. The summed E-state index contributed by atoms with van der Waals surface area (Å²) < 4.78 is 1.88. The Balaban J connectivity index is 0.00000121. The molecule has 8 heteroatoms. The molecule has 22 heavy (non-hydrogen) atoms. The standard InChI is InChI=1S/C14H19N5O.2ClH/c15-8-10-4-3-5-11(10)14(20)16-9-13-18-17-12-6-1-2-7-19(12)13;;/h1-2,6-7,10-11H,3-5,8-9,15H2,(H,16,20);2*1H/t10-,11-;;/m1../s1. The lowest BCUT2D eigenvalue weighted by Crippen LogP contribution is -2.35. The van der Waals surface area contributed by atoms with Crippen molar-refractivity contribution in [3.63, 3.8) is 0 Å². The van der Waals surface area contributed by atoms with E-state index >= 15 is 0 Å². The van der Waals surface area contributed by atoms with Crippen LogP contribution in [0.5, 0.6) is 0 Å². The Labute approximate surface area is 141 Å². The third-order valence-electron chi connectivity index (χ3n) is 4.10. The molecule has 0 bridgehead atoms. The van der Waals surface area contributed by atoms with Gasteiger partial charge in [0.1, 0.15) is 0 Å². The van der Waals surface area contributed by atoms with E-state index in [-0.39, 0.29) is 36.6 Å². The number of aromatic nitrogens is 3. The van der Waals surface area contributed by atoms with Gasteiger partial charge in [0.05, 0.1) is 6.54 Å². The van der Waals surface area contributed by atoms with E-state index in [1.165, 1.54) is 0 Å². The van der Waals surface area contributed by atoms with E-state index in [0.717, 1.165) is 30.7 Å². The van der Waals surface area contributed by atoms with Crippen molar-refractivity contribution < 1.29 is 4.79 Å². The molecular weight excluding hydrogens is 325 g/mol. The molecule has 2 heterocycles. The molecule has 1 aliphatic carbocycles. The molecule has 3 rings (SSSR count). The zero-order valence-electron chi connectivity index (χ0n) is 12.1. The fourth-order valence-electron chi connectivity index (χ4n) is 2.97. The Morgan fingerprint density at radius 1 is 1.32 bits per heavy atom. The highest BCUT2D eigenvalue weighted by Gasteiger charge is 2.31. The molecule has 1 saturated carbocycles. The van der Waals surface area contributed by atoms with Crippen LogP contribution < -0.4 is 11.1 Å². The van der Waals surface area contributed by atoms with Gasteiger partial charge in [-0.15, -0.1) is 35.0 Å². The first-order chi connectivity index (χ1) is 9.79. The number of amides is 1. The Kier molecular flexibility index (Phi) is 7.06. The monoisotopic (exact) mass is 345 g/mol. The van der Waals surface area contributed by atoms with Gasteiger partial charge in [-0.2, -0.15) is 0 Å². The lowest BCUT2D eigenvalue weighted by Gasteiger charge is -2.16. The van der Waals surface area contributed by atoms with Crippen LogP contribution in [0.25, 0.3) is 5.65 Å². The molecule has 1 fully saturated rings. The second-order valence-corrected chi connectivity index (χ2v) is 5.30. The van der Waals surface area contributed by atoms with E-state index in [2.05, 4.69) is 15.5 Å². The minimum Gasteiger partial charge on any atom is -0.349 e. The lowest BCUT2D eigenvalue weighted by molar-refractivity contribution is -0.126. The number of nitrogens with two attached hydrogens (primary N) is 1. The number of nitrogens with one attached hydrogen (secondary N) is 1. The smallest absolute Gasteiger partial charge is 0.223 e. The average molecular weight is 346 g/mol. The van der Waals surface area contributed by atoms with Crippen LogP contribution in [0.15, 0.2) is 24.4 Å². The summed E-state index contributed by atoms with van der Waals surface area (Å²) in [7, 11) is 0. The van der Waals surface area contributed by atoms with Crippen LogP contribution >= 0.6 is 24.8 Å². The molecular formula is C14H21Cl2N5O. The maximum Gasteiger partial charge on any atom is 0.223 e. The summed E-state index contributed by atoms with van der Waals surface area (Å²) in [5, 5.41) is 11.1. The van der Waals surface area contributed by atoms with Crippen molar-refractivity contribution in [3.05, 3.63) is 30.2 Å². The van der Waals surface area contributed by atoms with E-state index in [9.17, 15) is 4.79 Å². The highest BCUT2D eigenvalue weighted by Crippen LogP contribution is 2.30. The average Bonchev–Trinajstić information content (AvgIpc) is 3.11. The number of hydrogen-bond acceptors (Lipinski definition) is 4. The Morgan fingerprint density at radius 3 is 2.91 bits per heavy atom. The van der Waals surface area contributed by atoms with Gasteiger partial charge < -0.3 is 11.1 Å². The molecule has 0 aromatic carbocycles. The molecule has 0 saturated heterocycles. The highest BCUT2D eigenvalue weighted by molar-refractivity contribution is 5.85. The van der Waals surface area contributed by atoms with E-state index in [4.69, 9.17) is 5.73 Å². The number of nitrogens with zero attached hydrogens (tertiary/aromatic N) is 3. The van der Waals surface area contributed by atoms with Gasteiger partial charge in [-0.3, -0.25) is 9.20 Å². The number of halogens is 2. The van der Waals surface area contributed by atoms with Crippen molar-refractivity contribution in [3.8, 4) is 0 Å². The first-order valence-corrected chi connectivity index (χ1v) is 7.06. The molecule has 3 N–H and O–H groups in total. The number of carbonyl (C=O) groups excluding carboxylic acids is 1. The molecule has 0 unspecified atom stereocenters. The minimum absolute atomic E-state index is 0. The van der Waals surface area contributed by atoms with Crippen LogP contribution in [-0.4, -0.2) is 27.0 Å². The van der Waals surface area contributed by atoms with Crippen molar-refractivity contribution in [1.29, 1.82) is 0 Å². The van der Waals surface area contributed by atoms with E-state index < -0.39 is 0 Å². The van der Waals surface area contributed by atoms with Crippen LogP contribution in [0.3, 0.4) is 0 Å². The summed E-state index contributed by atoms with van der Waals surface area (Å²) >= 11 is 0. The summed E-state index contributed by atoms with van der Waals surface area (Å²) in [5.41, 5.74) is 6.51. The Morgan fingerprint density at radius 2 is 2.14 bits per heavy atom. The number of pyridine rings is 1. The molecule has 0 radical (unpaired) electrons. The molecule has 2 atom stereocenters. The molecule has 0 aliphatic heterocycles. The SMILES string of the molecule is Cl.Cl.NC[C@H]1CCC[C@H]1C(=O)NCc1nnc2ccccn12. The normalized spacial score (nSPS) is 20.2. The Bertz CT molecular complexity index is 618. The largest absolute Gasteiger partial charge is 0.349 e. The number of fused-ring (bicyclic) bond motifs is 1. The second kappa shape index (κ2) is 8.31. The van der Waals surface area contributed by atoms with Gasteiger partial charge in [-0.05, 0) is 37.4 Å². The first-order valence-electron chi connectivity index (χ1n) is 7.06. The number of hydrogen-bond donors (Lipinski definition) is 2. The van der Waals surface area contributed by atoms with Crippen LogP contribution in [0.4, 0.5) is 0 Å². The van der Waals surface area contributed by atoms with E-state index in [1.54, 1.807) is 0 Å². The van der Waals surface area contributed by atoms with Crippen molar-refractivity contribution >= 4 is 36.4 Å². The van der Waals surface area contributed by atoms with Gasteiger partial charge in [-0.25, -0.2) is 0 Å². The predicted molar refractivity (Wildman–Crippen MR) is 89.2 cm³/mol. The molecule has 2 aromatic heterocycles. The fraction of sp³-hybridized carbons (Fsp3) is 0.500. The third kappa shape index (κ3) is 3.69. The third-order valence-corrected chi connectivity index (χ3v) is 4.10. The summed E-state index contributed by atoms with van der Waals surface area (Å²) in [6, 6.07) is 5.72. The molecule has 6 nitrogen and oxygen atoms in total. The lowest BCUT2D eigenvalue weighted by atomic mass is 9.95. The summed E-state index contributed by atoms with van der Waals surface area (Å²) in [5.74, 6) is 1.21. The van der Waals surface area contributed by atoms with E-state index in [1.807, 2.05) is 28.8 Å². The van der Waals surface area contributed by atoms with Gasteiger partial charge >= 0.3 is 0 Å². The van der Waals surface area contributed by atoms with Gasteiger partial charge in [0.25, 0.3) is 0 Å². The maximum atomic E-state index is 12.2. The first kappa shape index (κ1) is 18.7. The van der Waals surface area contributed by atoms with E-state index in [0.29, 0.717) is 19.0 Å². The van der Waals surface area contributed by atoms with Crippen LogP contribution in [-0.2, 0) is 11.3 Å². The van der Waals surface area contributed by atoms with Gasteiger partial charge in [0, 0.05) is 12.1 Å². The predicted octanol–water partition coefficient (Wildman–Crippen LogP) is 1.56. The topological polar surface area (TPSA) is 85.3 Å². The summed E-state index contributed by atoms with van der Waals surface area (Å²) in [6.07, 6.45) is 4.99. The van der Waals surface area contributed by atoms with Crippen molar-refractivity contribution in [2.75, 3.05) is 6.54 Å². The number of rotatable bonds is 4. The summed E-state index contributed by atoms with van der Waals surface area (Å²) in [6.45, 7) is 0.990. The van der Waals surface area contributed by atoms with Gasteiger partial charge in [0.2, 0.25) is 5.91 Å². The second-order valence-electron chi connectivity index (χ2n) is 5.30. The molecule has 122 valence electrons. The van der Waals surface area contributed by atoms with Crippen molar-refractivity contribution in [2.45, 2.75) is 25.8 Å². The zero-order chi connectivity index (χ0) is 13.9. The summed E-state index contributed by atoms with van der Waals surface area (Å²) in [4.78, 5) is 12.2. The van der Waals surface area contributed by atoms with Crippen molar-refractivity contribution in [1.82, 2.24) is 19.9 Å². The van der Waals surface area contributed by atoms with Gasteiger partial charge in [0.15, 0.2) is 11.5 Å².